The molecule has 1 aromatic heterocycles. The van der Waals surface area contributed by atoms with Gasteiger partial charge in [-0.3, -0.25) is 14.5 Å². The average Bonchev–Trinajstić information content (AvgIpc) is 2.61. The number of aromatic nitrogens is 1. The van der Waals surface area contributed by atoms with Crippen molar-refractivity contribution >= 4 is 33.6 Å². The molecule has 1 aliphatic heterocycles. The second kappa shape index (κ2) is 7.57. The number of amides is 2. The van der Waals surface area contributed by atoms with Crippen molar-refractivity contribution < 1.29 is 9.59 Å². The maximum Gasteiger partial charge on any atom is 0.247 e. The molecule has 1 fully saturated rings. The molecular formula is C18H18BrN3O2. The predicted molar refractivity (Wildman–Crippen MR) is 95.6 cm³/mol. The number of pyridine rings is 1. The lowest BCUT2D eigenvalue weighted by molar-refractivity contribution is -0.136. The van der Waals surface area contributed by atoms with Crippen LogP contribution in [0.3, 0.4) is 0 Å². The summed E-state index contributed by atoms with van der Waals surface area (Å²) in [5.41, 5.74) is 1.10. The summed E-state index contributed by atoms with van der Waals surface area (Å²) in [6, 6.07) is 13.4. The normalized spacial score (nSPS) is 14.8. The van der Waals surface area contributed by atoms with E-state index in [2.05, 4.69) is 20.9 Å². The topological polar surface area (TPSA) is 53.5 Å². The van der Waals surface area contributed by atoms with E-state index >= 15 is 0 Å². The minimum atomic E-state index is -0.0887. The highest BCUT2D eigenvalue weighted by Crippen LogP contribution is 2.19. The van der Waals surface area contributed by atoms with E-state index in [-0.39, 0.29) is 18.4 Å². The van der Waals surface area contributed by atoms with Crippen LogP contribution < -0.4 is 4.90 Å². The largest absolute Gasteiger partial charge is 0.332 e. The summed E-state index contributed by atoms with van der Waals surface area (Å²) in [5, 5.41) is 0. The van der Waals surface area contributed by atoms with Crippen LogP contribution in [0.15, 0.2) is 53.1 Å². The molecule has 0 saturated carbocycles. The zero-order chi connectivity index (χ0) is 16.9. The van der Waals surface area contributed by atoms with Crippen LogP contribution >= 0.6 is 15.9 Å². The molecule has 24 heavy (non-hydrogen) atoms. The lowest BCUT2D eigenvalue weighted by Crippen LogP contribution is -2.52. The van der Waals surface area contributed by atoms with E-state index in [1.54, 1.807) is 16.0 Å². The number of benzene rings is 1. The Balaban J connectivity index is 1.56. The number of aryl methyl sites for hydroxylation is 1. The smallest absolute Gasteiger partial charge is 0.247 e. The fraction of sp³-hybridized carbons (Fsp3) is 0.278. The van der Waals surface area contributed by atoms with Gasteiger partial charge in [0.25, 0.3) is 0 Å². The second-order valence-corrected chi connectivity index (χ2v) is 6.49. The summed E-state index contributed by atoms with van der Waals surface area (Å²) in [7, 11) is 0. The summed E-state index contributed by atoms with van der Waals surface area (Å²) >= 11 is 3.49. The molecule has 0 unspecified atom stereocenters. The Morgan fingerprint density at radius 2 is 1.92 bits per heavy atom. The van der Waals surface area contributed by atoms with Gasteiger partial charge in [-0.1, -0.05) is 40.2 Å². The van der Waals surface area contributed by atoms with E-state index in [1.165, 1.54) is 0 Å². The summed E-state index contributed by atoms with van der Waals surface area (Å²) in [4.78, 5) is 32.2. The van der Waals surface area contributed by atoms with Gasteiger partial charge in [-0.15, -0.1) is 0 Å². The van der Waals surface area contributed by atoms with Crippen molar-refractivity contribution in [1.82, 2.24) is 9.88 Å². The summed E-state index contributed by atoms with van der Waals surface area (Å²) in [5.74, 6) is 0.566. The van der Waals surface area contributed by atoms with Crippen molar-refractivity contribution in [2.24, 2.45) is 0 Å². The van der Waals surface area contributed by atoms with E-state index in [4.69, 9.17) is 0 Å². The lowest BCUT2D eigenvalue weighted by Gasteiger charge is -2.33. The van der Waals surface area contributed by atoms with Crippen molar-refractivity contribution in [2.45, 2.75) is 12.8 Å². The molecule has 6 heteroatoms. The maximum atomic E-state index is 12.4. The van der Waals surface area contributed by atoms with Crippen LogP contribution in [0.25, 0.3) is 0 Å². The number of nitrogens with zero attached hydrogens (tertiary/aromatic N) is 3. The fourth-order valence-corrected chi connectivity index (χ4v) is 3.23. The van der Waals surface area contributed by atoms with Gasteiger partial charge >= 0.3 is 0 Å². The van der Waals surface area contributed by atoms with Gasteiger partial charge in [-0.05, 0) is 30.2 Å². The Morgan fingerprint density at radius 3 is 2.62 bits per heavy atom. The highest BCUT2D eigenvalue weighted by Gasteiger charge is 2.28. The van der Waals surface area contributed by atoms with E-state index < -0.39 is 0 Å². The Morgan fingerprint density at radius 1 is 1.12 bits per heavy atom. The van der Waals surface area contributed by atoms with E-state index in [1.807, 2.05) is 42.5 Å². The molecule has 0 bridgehead atoms. The van der Waals surface area contributed by atoms with Gasteiger partial charge in [0, 0.05) is 30.2 Å². The number of anilines is 1. The lowest BCUT2D eigenvalue weighted by atomic mass is 10.1. The number of rotatable bonds is 4. The molecule has 0 aliphatic carbocycles. The van der Waals surface area contributed by atoms with E-state index in [0.717, 1.165) is 10.0 Å². The van der Waals surface area contributed by atoms with Crippen molar-refractivity contribution in [1.29, 1.82) is 0 Å². The SMILES string of the molecule is O=C(CCc1ccccc1Br)N1CCN(c2ccccn2)C(=O)C1. The Bertz CT molecular complexity index is 736. The Labute approximate surface area is 149 Å². The second-order valence-electron chi connectivity index (χ2n) is 5.64. The molecule has 0 N–H and O–H groups in total. The van der Waals surface area contributed by atoms with Crippen LogP contribution in [-0.2, 0) is 16.0 Å². The molecule has 5 nitrogen and oxygen atoms in total. The van der Waals surface area contributed by atoms with Gasteiger partial charge in [-0.25, -0.2) is 4.98 Å². The minimum Gasteiger partial charge on any atom is -0.332 e. The molecule has 2 aromatic rings. The summed E-state index contributed by atoms with van der Waals surface area (Å²) < 4.78 is 1.01. The molecule has 2 heterocycles. The van der Waals surface area contributed by atoms with Gasteiger partial charge < -0.3 is 4.90 Å². The first-order valence-corrected chi connectivity index (χ1v) is 8.67. The van der Waals surface area contributed by atoms with Crippen molar-refractivity contribution in [3.8, 4) is 0 Å². The van der Waals surface area contributed by atoms with Crippen molar-refractivity contribution in [3.63, 3.8) is 0 Å². The van der Waals surface area contributed by atoms with Gasteiger partial charge in [-0.2, -0.15) is 0 Å². The Kier molecular flexibility index (Phi) is 5.25. The van der Waals surface area contributed by atoms with Gasteiger partial charge in [0.15, 0.2) is 0 Å². The number of carbonyl (C=O) groups excluding carboxylic acids is 2. The van der Waals surface area contributed by atoms with Crippen LogP contribution in [0.2, 0.25) is 0 Å². The first-order valence-electron chi connectivity index (χ1n) is 7.88. The molecule has 1 aliphatic rings. The number of hydrogen-bond acceptors (Lipinski definition) is 3. The first kappa shape index (κ1) is 16.6. The van der Waals surface area contributed by atoms with E-state index in [9.17, 15) is 9.59 Å². The number of piperazine rings is 1. The molecule has 3 rings (SSSR count). The highest BCUT2D eigenvalue weighted by molar-refractivity contribution is 9.10. The highest BCUT2D eigenvalue weighted by atomic mass is 79.9. The third-order valence-electron chi connectivity index (χ3n) is 4.07. The van der Waals surface area contributed by atoms with Crippen LogP contribution in [0.5, 0.6) is 0 Å². The molecule has 124 valence electrons. The molecule has 2 amide bonds. The van der Waals surface area contributed by atoms with Crippen molar-refractivity contribution in [2.75, 3.05) is 24.5 Å². The molecule has 1 aromatic carbocycles. The minimum absolute atomic E-state index is 0.0137. The van der Waals surface area contributed by atoms with Crippen LogP contribution in [0, 0.1) is 0 Å². The summed E-state index contributed by atoms with van der Waals surface area (Å²) in [6.07, 6.45) is 2.73. The number of carbonyl (C=O) groups is 2. The van der Waals surface area contributed by atoms with Crippen LogP contribution in [0.1, 0.15) is 12.0 Å². The monoisotopic (exact) mass is 387 g/mol. The quantitative estimate of drug-likeness (QED) is 0.809. The van der Waals surface area contributed by atoms with Gasteiger partial charge in [0.1, 0.15) is 12.4 Å². The first-order chi connectivity index (χ1) is 11.6. The van der Waals surface area contributed by atoms with E-state index in [0.29, 0.717) is 31.7 Å². The third-order valence-corrected chi connectivity index (χ3v) is 4.84. The zero-order valence-corrected chi connectivity index (χ0v) is 14.8. The van der Waals surface area contributed by atoms with Crippen LogP contribution in [-0.4, -0.2) is 41.3 Å². The number of hydrogen-bond donors (Lipinski definition) is 0. The number of halogens is 1. The van der Waals surface area contributed by atoms with Crippen LogP contribution in [0.4, 0.5) is 5.82 Å². The fourth-order valence-electron chi connectivity index (χ4n) is 2.74. The average molecular weight is 388 g/mol. The van der Waals surface area contributed by atoms with Gasteiger partial charge in [0.2, 0.25) is 11.8 Å². The Hall–Kier alpha value is -2.21. The molecule has 1 saturated heterocycles. The van der Waals surface area contributed by atoms with Crippen molar-refractivity contribution in [3.05, 3.63) is 58.7 Å². The maximum absolute atomic E-state index is 12.4. The third kappa shape index (κ3) is 3.82. The molecule has 0 spiro atoms. The molecule has 0 atom stereocenters. The molecule has 0 radical (unpaired) electrons. The zero-order valence-electron chi connectivity index (χ0n) is 13.2. The van der Waals surface area contributed by atoms with Gasteiger partial charge in [0.05, 0.1) is 0 Å². The molecular weight excluding hydrogens is 370 g/mol. The standard InChI is InChI=1S/C18H18BrN3O2/c19-15-6-2-1-5-14(15)8-9-17(23)21-11-12-22(18(24)13-21)16-7-3-4-10-20-16/h1-7,10H,8-9,11-13H2. The predicted octanol–water partition coefficient (Wildman–Crippen LogP) is 2.65. The summed E-state index contributed by atoms with van der Waals surface area (Å²) in [6.45, 7) is 1.14.